The van der Waals surface area contributed by atoms with Gasteiger partial charge >= 0.3 is 0 Å². The first-order chi connectivity index (χ1) is 7.96. The van der Waals surface area contributed by atoms with Crippen molar-refractivity contribution in [3.63, 3.8) is 0 Å². The molecule has 1 aliphatic rings. The summed E-state index contributed by atoms with van der Waals surface area (Å²) in [5, 5.41) is 2.75. The lowest BCUT2D eigenvalue weighted by Gasteiger charge is -2.06. The Kier molecular flexibility index (Phi) is 3.17. The Balaban J connectivity index is 2.08. The van der Waals surface area contributed by atoms with Crippen LogP contribution in [-0.2, 0) is 31.9 Å². The van der Waals surface area contributed by atoms with Crippen molar-refractivity contribution in [1.82, 2.24) is 0 Å². The first-order valence-electron chi connectivity index (χ1n) is 5.21. The Morgan fingerprint density at radius 3 is 2.88 bits per heavy atom. The third kappa shape index (κ3) is 3.04. The fraction of sp³-hybridized carbons (Fsp3) is 0.364. The molecule has 0 aliphatic carbocycles. The molecule has 1 amide bonds. The second-order valence-corrected chi connectivity index (χ2v) is 5.59. The van der Waals surface area contributed by atoms with E-state index in [1.54, 1.807) is 0 Å². The minimum atomic E-state index is -3.40. The van der Waals surface area contributed by atoms with Crippen LogP contribution < -0.4 is 5.32 Å². The Bertz CT molecular complexity index is 551. The van der Waals surface area contributed by atoms with Gasteiger partial charge in [0.05, 0.1) is 19.3 Å². The molecule has 0 fully saturated rings. The lowest BCUT2D eigenvalue weighted by Crippen LogP contribution is -2.07. The molecule has 0 unspecified atom stereocenters. The number of rotatable bonds is 4. The van der Waals surface area contributed by atoms with Crippen LogP contribution in [0.1, 0.15) is 11.1 Å². The number of hydrogen-bond donors (Lipinski definition) is 1. The maximum Gasteiger partial charge on any atom is 0.264 e. The van der Waals surface area contributed by atoms with Crippen molar-refractivity contribution in [3.8, 4) is 0 Å². The van der Waals surface area contributed by atoms with Gasteiger partial charge in [0, 0.05) is 5.69 Å². The summed E-state index contributed by atoms with van der Waals surface area (Å²) >= 11 is 0. The van der Waals surface area contributed by atoms with E-state index in [9.17, 15) is 13.2 Å². The van der Waals surface area contributed by atoms with E-state index >= 15 is 0 Å². The molecule has 92 valence electrons. The van der Waals surface area contributed by atoms with E-state index in [0.717, 1.165) is 23.1 Å². The molecule has 0 aromatic heterocycles. The van der Waals surface area contributed by atoms with Gasteiger partial charge in [-0.3, -0.25) is 8.98 Å². The minimum Gasteiger partial charge on any atom is -0.326 e. The zero-order valence-electron chi connectivity index (χ0n) is 9.39. The highest BCUT2D eigenvalue weighted by atomic mass is 32.2. The van der Waals surface area contributed by atoms with E-state index in [0.29, 0.717) is 12.8 Å². The summed E-state index contributed by atoms with van der Waals surface area (Å²) in [5.74, 6) is -0.0310. The molecule has 1 heterocycles. The predicted molar refractivity (Wildman–Crippen MR) is 63.3 cm³/mol. The molecular weight excluding hydrogens is 242 g/mol. The van der Waals surface area contributed by atoms with Gasteiger partial charge in [-0.15, -0.1) is 0 Å². The van der Waals surface area contributed by atoms with Gasteiger partial charge in [0.25, 0.3) is 10.1 Å². The number of anilines is 1. The number of nitrogens with one attached hydrogen (secondary N) is 1. The number of carbonyl (C=O) groups is 1. The molecule has 0 saturated carbocycles. The van der Waals surface area contributed by atoms with Crippen molar-refractivity contribution >= 4 is 21.7 Å². The number of carbonyl (C=O) groups excluding carboxylic acids is 1. The molecular formula is C11H13NO4S. The van der Waals surface area contributed by atoms with Gasteiger partial charge < -0.3 is 5.32 Å². The standard InChI is InChI=1S/C11H13NO4S/c1-17(14,15)16-6-5-8-3-2-4-10-9(8)7-11(13)12-10/h2-4H,5-7H2,1H3,(H,12,13). The molecule has 1 aromatic carbocycles. The summed E-state index contributed by atoms with van der Waals surface area (Å²) in [5.41, 5.74) is 2.70. The van der Waals surface area contributed by atoms with Crippen molar-refractivity contribution in [3.05, 3.63) is 29.3 Å². The van der Waals surface area contributed by atoms with Crippen LogP contribution >= 0.6 is 0 Å². The van der Waals surface area contributed by atoms with Crippen molar-refractivity contribution in [2.24, 2.45) is 0 Å². The maximum absolute atomic E-state index is 11.2. The van der Waals surface area contributed by atoms with Gasteiger partial charge in [-0.05, 0) is 23.6 Å². The van der Waals surface area contributed by atoms with E-state index in [1.165, 1.54) is 0 Å². The smallest absolute Gasteiger partial charge is 0.264 e. The normalized spacial score (nSPS) is 14.5. The van der Waals surface area contributed by atoms with Crippen LogP contribution in [0.15, 0.2) is 18.2 Å². The molecule has 1 aliphatic heterocycles. The molecule has 2 rings (SSSR count). The van der Waals surface area contributed by atoms with E-state index in [2.05, 4.69) is 9.50 Å². The Labute approximate surface area is 99.9 Å². The monoisotopic (exact) mass is 255 g/mol. The third-order valence-electron chi connectivity index (χ3n) is 2.55. The lowest BCUT2D eigenvalue weighted by molar-refractivity contribution is -0.115. The number of amides is 1. The van der Waals surface area contributed by atoms with Gasteiger partial charge in [-0.1, -0.05) is 12.1 Å². The van der Waals surface area contributed by atoms with E-state index in [4.69, 9.17) is 0 Å². The van der Waals surface area contributed by atoms with Crippen LogP contribution in [0.3, 0.4) is 0 Å². The van der Waals surface area contributed by atoms with Crippen LogP contribution in [0.4, 0.5) is 5.69 Å². The van der Waals surface area contributed by atoms with E-state index in [1.807, 2.05) is 18.2 Å². The third-order valence-corrected chi connectivity index (χ3v) is 3.15. The largest absolute Gasteiger partial charge is 0.326 e. The van der Waals surface area contributed by atoms with Gasteiger partial charge in [-0.2, -0.15) is 8.42 Å². The summed E-state index contributed by atoms with van der Waals surface area (Å²) < 4.78 is 26.3. The zero-order chi connectivity index (χ0) is 12.5. The summed E-state index contributed by atoms with van der Waals surface area (Å²) in [6.45, 7) is 0.101. The van der Waals surface area contributed by atoms with Gasteiger partial charge in [0.1, 0.15) is 0 Å². The highest BCUT2D eigenvalue weighted by Gasteiger charge is 2.20. The molecule has 0 bridgehead atoms. The van der Waals surface area contributed by atoms with Gasteiger partial charge in [0.15, 0.2) is 0 Å². The average Bonchev–Trinajstić information content (AvgIpc) is 2.57. The molecule has 0 radical (unpaired) electrons. The SMILES string of the molecule is CS(=O)(=O)OCCc1cccc2c1CC(=O)N2. The quantitative estimate of drug-likeness (QED) is 0.804. The van der Waals surface area contributed by atoms with Crippen molar-refractivity contribution in [2.45, 2.75) is 12.8 Å². The first kappa shape index (κ1) is 12.1. The fourth-order valence-corrected chi connectivity index (χ4v) is 2.24. The zero-order valence-corrected chi connectivity index (χ0v) is 10.2. The predicted octanol–water partition coefficient (Wildman–Crippen LogP) is 0.700. The maximum atomic E-state index is 11.2. The van der Waals surface area contributed by atoms with E-state index < -0.39 is 10.1 Å². The second-order valence-electron chi connectivity index (χ2n) is 3.94. The molecule has 0 spiro atoms. The Morgan fingerprint density at radius 2 is 2.18 bits per heavy atom. The van der Waals surface area contributed by atoms with Crippen LogP contribution in [-0.4, -0.2) is 27.2 Å². The number of fused-ring (bicyclic) bond motifs is 1. The van der Waals surface area contributed by atoms with Crippen molar-refractivity contribution in [1.29, 1.82) is 0 Å². The van der Waals surface area contributed by atoms with Crippen LogP contribution in [0, 0.1) is 0 Å². The Hall–Kier alpha value is -1.40. The van der Waals surface area contributed by atoms with Gasteiger partial charge in [-0.25, -0.2) is 0 Å². The molecule has 17 heavy (non-hydrogen) atoms. The summed E-state index contributed by atoms with van der Waals surface area (Å²) in [7, 11) is -3.40. The summed E-state index contributed by atoms with van der Waals surface area (Å²) in [6, 6.07) is 5.55. The molecule has 1 aromatic rings. The first-order valence-corrected chi connectivity index (χ1v) is 7.02. The Morgan fingerprint density at radius 1 is 1.41 bits per heavy atom. The number of hydrogen-bond acceptors (Lipinski definition) is 4. The lowest BCUT2D eigenvalue weighted by atomic mass is 10.0. The fourth-order valence-electron chi connectivity index (χ4n) is 1.85. The minimum absolute atomic E-state index is 0.0310. The highest BCUT2D eigenvalue weighted by Crippen LogP contribution is 2.26. The molecule has 1 N–H and O–H groups in total. The summed E-state index contributed by atoms with van der Waals surface area (Å²) in [6.07, 6.45) is 1.85. The summed E-state index contributed by atoms with van der Waals surface area (Å²) in [4.78, 5) is 11.2. The van der Waals surface area contributed by atoms with Crippen LogP contribution in [0.25, 0.3) is 0 Å². The highest BCUT2D eigenvalue weighted by molar-refractivity contribution is 7.85. The molecule has 0 saturated heterocycles. The molecule has 5 nitrogen and oxygen atoms in total. The van der Waals surface area contributed by atoms with Crippen molar-refractivity contribution in [2.75, 3.05) is 18.2 Å². The number of benzene rings is 1. The van der Waals surface area contributed by atoms with E-state index in [-0.39, 0.29) is 12.5 Å². The van der Waals surface area contributed by atoms with Crippen molar-refractivity contribution < 1.29 is 17.4 Å². The van der Waals surface area contributed by atoms with Gasteiger partial charge in [0.2, 0.25) is 5.91 Å². The second kappa shape index (κ2) is 4.46. The topological polar surface area (TPSA) is 72.5 Å². The molecule has 0 atom stereocenters. The van der Waals surface area contributed by atoms with Crippen LogP contribution in [0.2, 0.25) is 0 Å². The molecule has 6 heteroatoms. The average molecular weight is 255 g/mol. The van der Waals surface area contributed by atoms with Crippen LogP contribution in [0.5, 0.6) is 0 Å².